The van der Waals surface area contributed by atoms with Crippen LogP contribution in [0.15, 0.2) is 51.7 Å². The minimum absolute atomic E-state index is 0.0512. The smallest absolute Gasteiger partial charge is 0.349 e. The van der Waals surface area contributed by atoms with Crippen molar-refractivity contribution in [3.8, 4) is 5.75 Å². The van der Waals surface area contributed by atoms with Crippen molar-refractivity contribution in [2.45, 2.75) is 0 Å². The van der Waals surface area contributed by atoms with Gasteiger partial charge in [0, 0.05) is 5.39 Å². The van der Waals surface area contributed by atoms with E-state index in [1.165, 1.54) is 11.3 Å². The third-order valence-corrected chi connectivity index (χ3v) is 5.26. The number of para-hydroxylation sites is 2. The van der Waals surface area contributed by atoms with Gasteiger partial charge >= 0.3 is 5.63 Å². The zero-order chi connectivity index (χ0) is 17.1. The molecule has 5 aromatic rings. The molecule has 6 nitrogen and oxygen atoms in total. The SMILES string of the molecule is COc1cccc2sc3nc4c(c(=O)oc5ccccc54)c(=N)n3c12. The Morgan fingerprint density at radius 3 is 2.88 bits per heavy atom. The van der Waals surface area contributed by atoms with E-state index in [9.17, 15) is 4.79 Å². The molecule has 0 aliphatic heterocycles. The van der Waals surface area contributed by atoms with Crippen LogP contribution in [0.2, 0.25) is 0 Å². The fourth-order valence-corrected chi connectivity index (χ4v) is 4.20. The van der Waals surface area contributed by atoms with Gasteiger partial charge in [-0.25, -0.2) is 9.78 Å². The Labute approximate surface area is 144 Å². The first-order valence-electron chi connectivity index (χ1n) is 7.57. The van der Waals surface area contributed by atoms with Gasteiger partial charge in [0.05, 0.1) is 17.3 Å². The molecular formula is C18H11N3O3S. The average Bonchev–Trinajstić information content (AvgIpc) is 3.00. The molecule has 7 heteroatoms. The molecule has 0 saturated heterocycles. The van der Waals surface area contributed by atoms with E-state index in [1.54, 1.807) is 23.6 Å². The number of hydrogen-bond donors (Lipinski definition) is 1. The molecule has 0 amide bonds. The Bertz CT molecular complexity index is 1430. The predicted octanol–water partition coefficient (Wildman–Crippen LogP) is 3.30. The molecule has 0 aliphatic rings. The number of aromatic nitrogens is 2. The molecular weight excluding hydrogens is 338 g/mol. The number of methoxy groups -OCH3 is 1. The van der Waals surface area contributed by atoms with E-state index < -0.39 is 5.63 Å². The van der Waals surface area contributed by atoms with Gasteiger partial charge in [-0.3, -0.25) is 9.81 Å². The van der Waals surface area contributed by atoms with Gasteiger partial charge in [-0.15, -0.1) is 0 Å². The Morgan fingerprint density at radius 2 is 2.04 bits per heavy atom. The van der Waals surface area contributed by atoms with Crippen LogP contribution >= 0.6 is 11.3 Å². The van der Waals surface area contributed by atoms with Gasteiger partial charge in [0.2, 0.25) is 0 Å². The summed E-state index contributed by atoms with van der Waals surface area (Å²) in [5.74, 6) is 0.633. The summed E-state index contributed by atoms with van der Waals surface area (Å²) in [6, 6.07) is 12.9. The number of ether oxygens (including phenoxy) is 1. The van der Waals surface area contributed by atoms with Gasteiger partial charge in [-0.2, -0.15) is 0 Å². The molecule has 1 N–H and O–H groups in total. The highest BCUT2D eigenvalue weighted by Crippen LogP contribution is 2.32. The molecule has 0 aliphatic carbocycles. The number of benzene rings is 2. The molecule has 0 bridgehead atoms. The van der Waals surface area contributed by atoms with E-state index in [4.69, 9.17) is 14.6 Å². The number of thiazole rings is 1. The van der Waals surface area contributed by atoms with Crippen molar-refractivity contribution in [2.24, 2.45) is 0 Å². The van der Waals surface area contributed by atoms with Crippen molar-refractivity contribution in [3.05, 3.63) is 58.4 Å². The maximum atomic E-state index is 12.5. The van der Waals surface area contributed by atoms with E-state index in [-0.39, 0.29) is 10.9 Å². The molecule has 0 fully saturated rings. The Morgan fingerprint density at radius 1 is 1.20 bits per heavy atom. The predicted molar refractivity (Wildman–Crippen MR) is 96.5 cm³/mol. The van der Waals surface area contributed by atoms with Gasteiger partial charge in [0.1, 0.15) is 27.7 Å². The fourth-order valence-electron chi connectivity index (χ4n) is 3.16. The fraction of sp³-hybridized carbons (Fsp3) is 0.0556. The molecule has 122 valence electrons. The number of fused-ring (bicyclic) bond motifs is 6. The van der Waals surface area contributed by atoms with E-state index in [2.05, 4.69) is 4.98 Å². The summed E-state index contributed by atoms with van der Waals surface area (Å²) in [5, 5.41) is 9.52. The van der Waals surface area contributed by atoms with Crippen molar-refractivity contribution < 1.29 is 9.15 Å². The minimum Gasteiger partial charge on any atom is -0.495 e. The number of rotatable bonds is 1. The molecule has 3 heterocycles. The van der Waals surface area contributed by atoms with Crippen LogP contribution in [-0.2, 0) is 0 Å². The molecule has 0 unspecified atom stereocenters. The van der Waals surface area contributed by atoms with E-state index in [0.29, 0.717) is 21.8 Å². The highest BCUT2D eigenvalue weighted by molar-refractivity contribution is 7.23. The van der Waals surface area contributed by atoms with Gasteiger partial charge in [-0.1, -0.05) is 29.5 Å². The number of nitrogens with one attached hydrogen (secondary N) is 1. The maximum absolute atomic E-state index is 12.5. The number of nitrogens with zero attached hydrogens (tertiary/aromatic N) is 2. The Kier molecular flexibility index (Phi) is 2.78. The second kappa shape index (κ2) is 4.90. The van der Waals surface area contributed by atoms with Gasteiger partial charge in [0.25, 0.3) is 0 Å². The van der Waals surface area contributed by atoms with Crippen LogP contribution in [0, 0.1) is 5.41 Å². The zero-order valence-corrected chi connectivity index (χ0v) is 13.9. The largest absolute Gasteiger partial charge is 0.495 e. The van der Waals surface area contributed by atoms with Crippen LogP contribution in [0.4, 0.5) is 0 Å². The normalized spacial score (nSPS) is 11.7. The molecule has 5 rings (SSSR count). The van der Waals surface area contributed by atoms with Crippen LogP contribution in [0.1, 0.15) is 0 Å². The summed E-state index contributed by atoms with van der Waals surface area (Å²) < 4.78 is 13.4. The van der Waals surface area contributed by atoms with Crippen LogP contribution in [-0.4, -0.2) is 16.5 Å². The van der Waals surface area contributed by atoms with Crippen molar-refractivity contribution >= 4 is 48.4 Å². The van der Waals surface area contributed by atoms with E-state index in [0.717, 1.165) is 15.6 Å². The molecule has 0 saturated carbocycles. The second-order valence-electron chi connectivity index (χ2n) is 5.60. The lowest BCUT2D eigenvalue weighted by molar-refractivity contribution is 0.418. The lowest BCUT2D eigenvalue weighted by Crippen LogP contribution is -2.20. The minimum atomic E-state index is -0.560. The first-order chi connectivity index (χ1) is 12.2. The lowest BCUT2D eigenvalue weighted by atomic mass is 10.2. The summed E-state index contributed by atoms with van der Waals surface area (Å²) in [6.45, 7) is 0. The third-order valence-electron chi connectivity index (χ3n) is 4.25. The molecule has 0 atom stereocenters. The van der Waals surface area contributed by atoms with E-state index >= 15 is 0 Å². The van der Waals surface area contributed by atoms with Gasteiger partial charge in [-0.05, 0) is 24.3 Å². The molecule has 2 aromatic carbocycles. The van der Waals surface area contributed by atoms with Crippen LogP contribution in [0.3, 0.4) is 0 Å². The Balaban J connectivity index is 2.14. The van der Waals surface area contributed by atoms with Crippen LogP contribution in [0.5, 0.6) is 5.75 Å². The summed E-state index contributed by atoms with van der Waals surface area (Å²) in [7, 11) is 1.58. The van der Waals surface area contributed by atoms with Gasteiger partial charge in [0.15, 0.2) is 4.96 Å². The molecule has 25 heavy (non-hydrogen) atoms. The topological polar surface area (TPSA) is 80.6 Å². The molecule has 0 spiro atoms. The summed E-state index contributed by atoms with van der Waals surface area (Å²) in [6.07, 6.45) is 0. The second-order valence-corrected chi connectivity index (χ2v) is 6.61. The first kappa shape index (κ1) is 14.2. The molecule has 0 radical (unpaired) electrons. The van der Waals surface area contributed by atoms with Crippen molar-refractivity contribution in [2.75, 3.05) is 7.11 Å². The summed E-state index contributed by atoms with van der Waals surface area (Å²) in [5.41, 5.74) is 1.18. The number of hydrogen-bond acceptors (Lipinski definition) is 6. The quantitative estimate of drug-likeness (QED) is 0.372. The van der Waals surface area contributed by atoms with Gasteiger partial charge < -0.3 is 9.15 Å². The van der Waals surface area contributed by atoms with Crippen LogP contribution < -0.4 is 15.9 Å². The van der Waals surface area contributed by atoms with Crippen molar-refractivity contribution in [3.63, 3.8) is 0 Å². The zero-order valence-electron chi connectivity index (χ0n) is 13.1. The standard InChI is InChI=1S/C18H11N3O3S/c1-23-11-7-4-8-12-15(11)21-16(19)13-14(20-18(21)25-12)9-5-2-3-6-10(9)24-17(13)22/h2-8,19H,1H3. The van der Waals surface area contributed by atoms with Crippen LogP contribution in [0.25, 0.3) is 37.0 Å². The maximum Gasteiger partial charge on any atom is 0.349 e. The Hall–Kier alpha value is -3.19. The van der Waals surface area contributed by atoms with E-state index in [1.807, 2.05) is 30.3 Å². The summed E-state index contributed by atoms with van der Waals surface area (Å²) >= 11 is 1.45. The molecule has 3 aromatic heterocycles. The van der Waals surface area contributed by atoms with Crippen molar-refractivity contribution in [1.82, 2.24) is 9.38 Å². The highest BCUT2D eigenvalue weighted by atomic mass is 32.1. The average molecular weight is 349 g/mol. The third kappa shape index (κ3) is 1.81. The lowest BCUT2D eigenvalue weighted by Gasteiger charge is -2.05. The van der Waals surface area contributed by atoms with Crippen molar-refractivity contribution in [1.29, 1.82) is 5.41 Å². The highest BCUT2D eigenvalue weighted by Gasteiger charge is 2.17. The first-order valence-corrected chi connectivity index (χ1v) is 8.39. The summed E-state index contributed by atoms with van der Waals surface area (Å²) in [4.78, 5) is 17.8. The monoisotopic (exact) mass is 349 g/mol.